The van der Waals surface area contributed by atoms with Gasteiger partial charge in [-0.1, -0.05) is 24.3 Å². The molecule has 2 N–H and O–H groups in total. The number of hydrogen-bond acceptors (Lipinski definition) is 3. The van der Waals surface area contributed by atoms with Crippen molar-refractivity contribution in [2.45, 2.75) is 19.1 Å². The van der Waals surface area contributed by atoms with Gasteiger partial charge >= 0.3 is 6.18 Å². The number of fused-ring (bicyclic) bond motifs is 1. The van der Waals surface area contributed by atoms with E-state index in [1.165, 1.54) is 18.3 Å². The molecule has 0 spiro atoms. The van der Waals surface area contributed by atoms with Crippen LogP contribution in [0.1, 0.15) is 16.7 Å². The van der Waals surface area contributed by atoms with Crippen LogP contribution in [-0.2, 0) is 23.9 Å². The Balaban J connectivity index is 1.59. The SMILES string of the molecule is O=C(Cc1c[nH]c2ncc(-c3ccccc3C(F)(F)F)cc12)NCc1cccnc1. The summed E-state index contributed by atoms with van der Waals surface area (Å²) in [5.74, 6) is -0.208. The summed E-state index contributed by atoms with van der Waals surface area (Å²) in [6.07, 6.45) is 1.97. The third-order valence-electron chi connectivity index (χ3n) is 4.72. The Morgan fingerprint density at radius 1 is 1.10 bits per heavy atom. The minimum atomic E-state index is -4.47. The topological polar surface area (TPSA) is 70.7 Å². The first-order valence-corrected chi connectivity index (χ1v) is 9.20. The molecule has 152 valence electrons. The normalized spacial score (nSPS) is 11.6. The molecule has 0 aliphatic rings. The highest BCUT2D eigenvalue weighted by atomic mass is 19.4. The lowest BCUT2D eigenvalue weighted by molar-refractivity contribution is -0.137. The van der Waals surface area contributed by atoms with Gasteiger partial charge in [-0.3, -0.25) is 9.78 Å². The first-order valence-electron chi connectivity index (χ1n) is 9.20. The molecule has 0 aliphatic heterocycles. The molecule has 3 aromatic heterocycles. The molecule has 0 aliphatic carbocycles. The van der Waals surface area contributed by atoms with Crippen LogP contribution in [0.2, 0.25) is 0 Å². The van der Waals surface area contributed by atoms with E-state index in [0.717, 1.165) is 11.6 Å². The lowest BCUT2D eigenvalue weighted by Crippen LogP contribution is -2.24. The number of H-pyrrole nitrogens is 1. The van der Waals surface area contributed by atoms with Crippen LogP contribution in [0, 0.1) is 0 Å². The molecule has 0 saturated carbocycles. The summed E-state index contributed by atoms with van der Waals surface area (Å²) in [4.78, 5) is 23.6. The molecule has 1 amide bonds. The zero-order chi connectivity index (χ0) is 21.1. The van der Waals surface area contributed by atoms with Crippen LogP contribution in [0.3, 0.4) is 0 Å². The van der Waals surface area contributed by atoms with Gasteiger partial charge in [0.15, 0.2) is 0 Å². The van der Waals surface area contributed by atoms with Crippen molar-refractivity contribution in [3.63, 3.8) is 0 Å². The lowest BCUT2D eigenvalue weighted by atomic mass is 9.99. The van der Waals surface area contributed by atoms with E-state index in [-0.39, 0.29) is 17.9 Å². The standard InChI is InChI=1S/C22H17F3N4O/c23-22(24,25)19-6-2-1-5-17(19)15-8-18-16(13-29-21(18)28-12-15)9-20(30)27-11-14-4-3-7-26-10-14/h1-8,10,12-13H,9,11H2,(H,27,30)(H,28,29). The first kappa shape index (κ1) is 19.6. The average Bonchev–Trinajstić information content (AvgIpc) is 3.14. The van der Waals surface area contributed by atoms with Crippen LogP contribution in [-0.4, -0.2) is 20.9 Å². The van der Waals surface area contributed by atoms with E-state index in [9.17, 15) is 18.0 Å². The number of rotatable bonds is 5. The monoisotopic (exact) mass is 410 g/mol. The van der Waals surface area contributed by atoms with Crippen LogP contribution in [0.25, 0.3) is 22.2 Å². The van der Waals surface area contributed by atoms with Crippen LogP contribution < -0.4 is 5.32 Å². The Kier molecular flexibility index (Phi) is 5.22. The van der Waals surface area contributed by atoms with Crippen molar-refractivity contribution in [1.82, 2.24) is 20.3 Å². The van der Waals surface area contributed by atoms with Crippen LogP contribution in [0.15, 0.2) is 67.3 Å². The molecule has 30 heavy (non-hydrogen) atoms. The molecular weight excluding hydrogens is 393 g/mol. The van der Waals surface area contributed by atoms with Gasteiger partial charge in [0.05, 0.1) is 12.0 Å². The highest BCUT2D eigenvalue weighted by Crippen LogP contribution is 2.37. The van der Waals surface area contributed by atoms with E-state index in [4.69, 9.17) is 0 Å². The number of halogens is 3. The summed E-state index contributed by atoms with van der Waals surface area (Å²) in [5, 5.41) is 3.43. The van der Waals surface area contributed by atoms with Gasteiger partial charge in [0.2, 0.25) is 5.91 Å². The number of nitrogens with one attached hydrogen (secondary N) is 2. The predicted octanol–water partition coefficient (Wildman–Crippen LogP) is 4.50. The molecular formula is C22H17F3N4O. The van der Waals surface area contributed by atoms with Gasteiger partial charge in [-0.2, -0.15) is 13.2 Å². The molecule has 0 bridgehead atoms. The molecule has 5 nitrogen and oxygen atoms in total. The molecule has 1 aromatic carbocycles. The lowest BCUT2D eigenvalue weighted by Gasteiger charge is -2.12. The number of hydrogen-bond donors (Lipinski definition) is 2. The molecule has 3 heterocycles. The zero-order valence-electron chi connectivity index (χ0n) is 15.7. The molecule has 4 rings (SSSR count). The molecule has 4 aromatic rings. The van der Waals surface area contributed by atoms with Gasteiger partial charge in [-0.05, 0) is 34.9 Å². The summed E-state index contributed by atoms with van der Waals surface area (Å²) in [5.41, 5.74) is 1.71. The number of alkyl halides is 3. The quantitative estimate of drug-likeness (QED) is 0.509. The molecule has 0 radical (unpaired) electrons. The highest BCUT2D eigenvalue weighted by molar-refractivity contribution is 5.89. The van der Waals surface area contributed by atoms with Crippen molar-refractivity contribution in [2.75, 3.05) is 0 Å². The largest absolute Gasteiger partial charge is 0.417 e. The second kappa shape index (κ2) is 7.98. The van der Waals surface area contributed by atoms with Crippen molar-refractivity contribution >= 4 is 16.9 Å². The molecule has 0 saturated heterocycles. The summed E-state index contributed by atoms with van der Waals surface area (Å²) < 4.78 is 40.1. The summed E-state index contributed by atoms with van der Waals surface area (Å²) in [6, 6.07) is 10.6. The van der Waals surface area contributed by atoms with Crippen molar-refractivity contribution in [2.24, 2.45) is 0 Å². The van der Waals surface area contributed by atoms with Gasteiger partial charge in [0.1, 0.15) is 5.65 Å². The Labute approximate surface area is 170 Å². The summed E-state index contributed by atoms with van der Waals surface area (Å²) in [7, 11) is 0. The maximum atomic E-state index is 13.4. The smallest absolute Gasteiger partial charge is 0.352 e. The van der Waals surface area contributed by atoms with E-state index in [2.05, 4.69) is 20.3 Å². The fourth-order valence-corrected chi connectivity index (χ4v) is 3.27. The van der Waals surface area contributed by atoms with Gasteiger partial charge in [0, 0.05) is 42.3 Å². The minimum absolute atomic E-state index is 0.0487. The Morgan fingerprint density at radius 2 is 1.93 bits per heavy atom. The van der Waals surface area contributed by atoms with Crippen molar-refractivity contribution in [1.29, 1.82) is 0 Å². The summed E-state index contributed by atoms with van der Waals surface area (Å²) in [6.45, 7) is 0.345. The van der Waals surface area contributed by atoms with Gasteiger partial charge < -0.3 is 10.3 Å². The predicted molar refractivity (Wildman–Crippen MR) is 106 cm³/mol. The first-order chi connectivity index (χ1) is 14.4. The molecule has 8 heteroatoms. The van der Waals surface area contributed by atoms with E-state index < -0.39 is 11.7 Å². The number of aromatic nitrogens is 3. The number of amides is 1. The molecule has 0 atom stereocenters. The average molecular weight is 410 g/mol. The number of carbonyl (C=O) groups is 1. The van der Waals surface area contributed by atoms with Crippen molar-refractivity contribution < 1.29 is 18.0 Å². The fraction of sp³-hybridized carbons (Fsp3) is 0.136. The Morgan fingerprint density at radius 3 is 2.70 bits per heavy atom. The second-order valence-corrected chi connectivity index (χ2v) is 6.79. The maximum absolute atomic E-state index is 13.4. The van der Waals surface area contributed by atoms with Gasteiger partial charge in [0.25, 0.3) is 0 Å². The molecule has 0 fully saturated rings. The van der Waals surface area contributed by atoms with E-state index in [0.29, 0.717) is 28.7 Å². The molecule has 0 unspecified atom stereocenters. The summed E-state index contributed by atoms with van der Waals surface area (Å²) >= 11 is 0. The number of aromatic amines is 1. The number of benzene rings is 1. The fourth-order valence-electron chi connectivity index (χ4n) is 3.27. The maximum Gasteiger partial charge on any atom is 0.417 e. The third-order valence-corrected chi connectivity index (χ3v) is 4.72. The van der Waals surface area contributed by atoms with Crippen LogP contribution >= 0.6 is 0 Å². The Hall–Kier alpha value is -3.68. The minimum Gasteiger partial charge on any atom is -0.352 e. The van der Waals surface area contributed by atoms with E-state index in [1.807, 2.05) is 6.07 Å². The second-order valence-electron chi connectivity index (χ2n) is 6.79. The zero-order valence-corrected chi connectivity index (χ0v) is 15.7. The third kappa shape index (κ3) is 4.17. The van der Waals surface area contributed by atoms with Gasteiger partial charge in [-0.25, -0.2) is 4.98 Å². The van der Waals surface area contributed by atoms with E-state index >= 15 is 0 Å². The van der Waals surface area contributed by atoms with Crippen LogP contribution in [0.4, 0.5) is 13.2 Å². The Bertz CT molecular complexity index is 1190. The number of nitrogens with zero attached hydrogens (tertiary/aromatic N) is 2. The highest BCUT2D eigenvalue weighted by Gasteiger charge is 2.33. The van der Waals surface area contributed by atoms with E-state index in [1.54, 1.807) is 36.8 Å². The van der Waals surface area contributed by atoms with Crippen molar-refractivity contribution in [3.05, 3.63) is 83.9 Å². The van der Waals surface area contributed by atoms with Crippen LogP contribution in [0.5, 0.6) is 0 Å². The van der Waals surface area contributed by atoms with Gasteiger partial charge in [-0.15, -0.1) is 0 Å². The number of pyridine rings is 2. The van der Waals surface area contributed by atoms with Crippen molar-refractivity contribution in [3.8, 4) is 11.1 Å². The number of carbonyl (C=O) groups excluding carboxylic acids is 1.